The number of ether oxygens (including phenoxy) is 4. The van der Waals surface area contributed by atoms with Gasteiger partial charge in [-0.05, 0) is 0 Å². The third-order valence-electron chi connectivity index (χ3n) is 2.19. The van der Waals surface area contributed by atoms with E-state index in [1.165, 1.54) is 0 Å². The Morgan fingerprint density at radius 3 is 1.95 bits per heavy atom. The fraction of sp³-hybridized carbons (Fsp3) is 0.667. The molecule has 0 spiro atoms. The molecule has 0 aliphatic rings. The lowest BCUT2D eigenvalue weighted by Gasteiger charge is -2.29. The molecule has 0 saturated carbocycles. The molecule has 0 rings (SSSR count). The van der Waals surface area contributed by atoms with Gasteiger partial charge in [-0.3, -0.25) is 19.2 Å². The second-order valence-corrected chi connectivity index (χ2v) is 4.26. The summed E-state index contributed by atoms with van der Waals surface area (Å²) >= 11 is 5.68. The molecule has 0 radical (unpaired) electrons. The SMILES string of the molecule is CC(=O)OC[C@@H](OC=O)[C@@H](OC(C)=O)[C@@H](CCl)OC(C)=O. The number of carbonyl (C=O) groups is 4. The minimum absolute atomic E-state index is 0.101. The van der Waals surface area contributed by atoms with Crippen molar-refractivity contribution in [3.8, 4) is 0 Å². The molecule has 0 fully saturated rings. The summed E-state index contributed by atoms with van der Waals surface area (Å²) in [5.74, 6) is -2.19. The number of carbonyl (C=O) groups excluding carboxylic acids is 4. The number of hydrogen-bond donors (Lipinski definition) is 0. The average Bonchev–Trinajstić information content (AvgIpc) is 2.38. The topological polar surface area (TPSA) is 105 Å². The van der Waals surface area contributed by atoms with Gasteiger partial charge in [0.05, 0.1) is 5.88 Å². The quantitative estimate of drug-likeness (QED) is 0.256. The van der Waals surface area contributed by atoms with E-state index in [0.717, 1.165) is 20.8 Å². The van der Waals surface area contributed by atoms with E-state index in [1.807, 2.05) is 0 Å². The summed E-state index contributed by atoms with van der Waals surface area (Å²) in [4.78, 5) is 43.6. The van der Waals surface area contributed by atoms with Crippen LogP contribution >= 0.6 is 11.6 Å². The Balaban J connectivity index is 5.16. The Bertz CT molecular complexity index is 383. The number of alkyl halides is 1. The largest absolute Gasteiger partial charge is 0.462 e. The molecule has 0 aliphatic heterocycles. The average molecular weight is 325 g/mol. The summed E-state index contributed by atoms with van der Waals surface area (Å²) in [6.45, 7) is 3.15. The lowest BCUT2D eigenvalue weighted by atomic mass is 10.1. The first kappa shape index (κ1) is 19.2. The Morgan fingerprint density at radius 1 is 1.00 bits per heavy atom. The van der Waals surface area contributed by atoms with Crippen molar-refractivity contribution >= 4 is 36.0 Å². The minimum atomic E-state index is -1.20. The number of esters is 3. The molecular formula is C12H17ClO8. The maximum absolute atomic E-state index is 11.1. The predicted molar refractivity (Wildman–Crippen MR) is 69.4 cm³/mol. The van der Waals surface area contributed by atoms with E-state index in [2.05, 4.69) is 0 Å². The van der Waals surface area contributed by atoms with Crippen molar-refractivity contribution in [1.82, 2.24) is 0 Å². The first-order valence-electron chi connectivity index (χ1n) is 5.94. The van der Waals surface area contributed by atoms with Gasteiger partial charge >= 0.3 is 17.9 Å². The summed E-state index contributed by atoms with van der Waals surface area (Å²) in [7, 11) is 0. The van der Waals surface area contributed by atoms with Crippen LogP contribution in [-0.4, -0.2) is 55.2 Å². The second-order valence-electron chi connectivity index (χ2n) is 3.95. The van der Waals surface area contributed by atoms with Gasteiger partial charge in [-0.25, -0.2) is 0 Å². The highest BCUT2D eigenvalue weighted by Gasteiger charge is 2.36. The summed E-state index contributed by atoms with van der Waals surface area (Å²) in [5.41, 5.74) is 0. The van der Waals surface area contributed by atoms with Gasteiger partial charge in [0.2, 0.25) is 0 Å². The van der Waals surface area contributed by atoms with Gasteiger partial charge in [0, 0.05) is 20.8 Å². The molecule has 0 bridgehead atoms. The van der Waals surface area contributed by atoms with E-state index in [9.17, 15) is 19.2 Å². The predicted octanol–water partition coefficient (Wildman–Crippen LogP) is 0.193. The van der Waals surface area contributed by atoms with Crippen LogP contribution in [0, 0.1) is 0 Å². The van der Waals surface area contributed by atoms with Crippen LogP contribution in [0.1, 0.15) is 20.8 Å². The normalized spacial score (nSPS) is 14.3. The van der Waals surface area contributed by atoms with E-state index in [-0.39, 0.29) is 19.0 Å². The first-order chi connectivity index (χ1) is 9.81. The lowest BCUT2D eigenvalue weighted by Crippen LogP contribution is -2.47. The number of rotatable bonds is 9. The zero-order valence-corrected chi connectivity index (χ0v) is 12.6. The Kier molecular flexibility index (Phi) is 9.11. The van der Waals surface area contributed by atoms with Gasteiger partial charge in [0.15, 0.2) is 18.3 Å². The number of halogens is 1. The number of hydrogen-bond acceptors (Lipinski definition) is 8. The highest BCUT2D eigenvalue weighted by atomic mass is 35.5. The van der Waals surface area contributed by atoms with E-state index < -0.39 is 36.2 Å². The van der Waals surface area contributed by atoms with Crippen LogP contribution in [0.15, 0.2) is 0 Å². The molecular weight excluding hydrogens is 308 g/mol. The summed E-state index contributed by atoms with van der Waals surface area (Å²) in [5, 5.41) is 0. The Hall–Kier alpha value is -1.83. The fourth-order valence-corrected chi connectivity index (χ4v) is 1.70. The van der Waals surface area contributed by atoms with Crippen LogP contribution < -0.4 is 0 Å². The van der Waals surface area contributed by atoms with Crippen LogP contribution in [-0.2, 0) is 38.1 Å². The lowest BCUT2D eigenvalue weighted by molar-refractivity contribution is -0.183. The maximum atomic E-state index is 11.1. The minimum Gasteiger partial charge on any atom is -0.462 e. The van der Waals surface area contributed by atoms with Crippen molar-refractivity contribution in [2.75, 3.05) is 12.5 Å². The zero-order valence-electron chi connectivity index (χ0n) is 11.9. The Morgan fingerprint density at radius 2 is 1.57 bits per heavy atom. The molecule has 3 atom stereocenters. The third kappa shape index (κ3) is 8.13. The van der Waals surface area contributed by atoms with Crippen molar-refractivity contribution in [1.29, 1.82) is 0 Å². The van der Waals surface area contributed by atoms with Crippen molar-refractivity contribution in [3.05, 3.63) is 0 Å². The van der Waals surface area contributed by atoms with Crippen molar-refractivity contribution in [2.45, 2.75) is 39.1 Å². The molecule has 0 aliphatic carbocycles. The Labute approximate surface area is 126 Å². The van der Waals surface area contributed by atoms with E-state index in [4.69, 9.17) is 30.5 Å². The van der Waals surface area contributed by atoms with Crippen molar-refractivity contribution in [3.63, 3.8) is 0 Å². The van der Waals surface area contributed by atoms with E-state index in [0.29, 0.717) is 0 Å². The van der Waals surface area contributed by atoms with Crippen LogP contribution in [0.5, 0.6) is 0 Å². The van der Waals surface area contributed by atoms with Gasteiger partial charge in [-0.1, -0.05) is 0 Å². The summed E-state index contributed by atoms with van der Waals surface area (Å²) in [6, 6.07) is 0. The molecule has 0 unspecified atom stereocenters. The van der Waals surface area contributed by atoms with Gasteiger partial charge < -0.3 is 18.9 Å². The van der Waals surface area contributed by atoms with Crippen molar-refractivity contribution < 1.29 is 38.1 Å². The molecule has 9 heteroatoms. The van der Waals surface area contributed by atoms with E-state index >= 15 is 0 Å². The summed E-state index contributed by atoms with van der Waals surface area (Å²) in [6.07, 6.45) is -3.42. The monoisotopic (exact) mass is 324 g/mol. The van der Waals surface area contributed by atoms with Gasteiger partial charge in [-0.2, -0.15) is 0 Å². The molecule has 21 heavy (non-hydrogen) atoms. The molecule has 0 amide bonds. The second kappa shape index (κ2) is 9.98. The highest BCUT2D eigenvalue weighted by Crippen LogP contribution is 2.15. The standard InChI is InChI=1S/C12H17ClO8/c1-7(15)18-5-11(19-6-14)12(21-9(3)17)10(4-13)20-8(2)16/h6,10-12H,4-5H2,1-3H3/t10-,11-,12+/m1/s1. The maximum Gasteiger partial charge on any atom is 0.303 e. The zero-order chi connectivity index (χ0) is 16.4. The summed E-state index contributed by atoms with van der Waals surface area (Å²) < 4.78 is 19.3. The molecule has 0 aromatic carbocycles. The molecule has 0 heterocycles. The molecule has 0 N–H and O–H groups in total. The van der Waals surface area contributed by atoms with Crippen LogP contribution in [0.25, 0.3) is 0 Å². The molecule has 120 valence electrons. The molecule has 8 nitrogen and oxygen atoms in total. The fourth-order valence-electron chi connectivity index (χ4n) is 1.46. The van der Waals surface area contributed by atoms with Crippen LogP contribution in [0.3, 0.4) is 0 Å². The van der Waals surface area contributed by atoms with Crippen molar-refractivity contribution in [2.24, 2.45) is 0 Å². The van der Waals surface area contributed by atoms with Crippen LogP contribution in [0.2, 0.25) is 0 Å². The van der Waals surface area contributed by atoms with E-state index in [1.54, 1.807) is 0 Å². The van der Waals surface area contributed by atoms with Crippen LogP contribution in [0.4, 0.5) is 0 Å². The highest BCUT2D eigenvalue weighted by molar-refractivity contribution is 6.18. The molecule has 0 saturated heterocycles. The molecule has 0 aromatic rings. The van der Waals surface area contributed by atoms with Gasteiger partial charge in [0.1, 0.15) is 6.61 Å². The third-order valence-corrected chi connectivity index (χ3v) is 2.49. The van der Waals surface area contributed by atoms with Gasteiger partial charge in [0.25, 0.3) is 6.47 Å². The first-order valence-corrected chi connectivity index (χ1v) is 6.48. The molecule has 0 aromatic heterocycles. The van der Waals surface area contributed by atoms with Gasteiger partial charge in [-0.15, -0.1) is 11.6 Å². The smallest absolute Gasteiger partial charge is 0.303 e.